The minimum absolute atomic E-state index is 0.256. The molecule has 6 nitrogen and oxygen atoms in total. The normalized spacial score (nSPS) is 11.2. The van der Waals surface area contributed by atoms with Gasteiger partial charge in [0.25, 0.3) is 0 Å². The number of furan rings is 1. The van der Waals surface area contributed by atoms with E-state index in [1.54, 1.807) is 12.1 Å². The summed E-state index contributed by atoms with van der Waals surface area (Å²) in [5, 5.41) is 7.34. The Hall–Kier alpha value is -2.93. The summed E-state index contributed by atoms with van der Waals surface area (Å²) in [6.07, 6.45) is 1.79. The Kier molecular flexibility index (Phi) is 6.26. The zero-order valence-electron chi connectivity index (χ0n) is 16.3. The molecule has 2 aromatic heterocycles. The van der Waals surface area contributed by atoms with Gasteiger partial charge in [0, 0.05) is 16.8 Å². The largest absolute Gasteiger partial charge is 0.463 e. The van der Waals surface area contributed by atoms with Crippen molar-refractivity contribution < 1.29 is 18.3 Å². The molecule has 3 aromatic rings. The number of hydrogen-bond acceptors (Lipinski definition) is 5. The maximum absolute atomic E-state index is 13.0. The summed E-state index contributed by atoms with van der Waals surface area (Å²) in [5.74, 6) is 0.285. The zero-order chi connectivity index (χ0) is 20.1. The lowest BCUT2D eigenvalue weighted by atomic mass is 10.1. The highest BCUT2D eigenvalue weighted by Crippen LogP contribution is 2.19. The molecule has 0 radical (unpaired) electrons. The number of hydrogen-bond donors (Lipinski definition) is 1. The zero-order valence-corrected chi connectivity index (χ0v) is 16.3. The molecule has 0 atom stereocenters. The fourth-order valence-electron chi connectivity index (χ4n) is 3.06. The van der Waals surface area contributed by atoms with Gasteiger partial charge in [-0.3, -0.25) is 10.00 Å². The Bertz CT molecular complexity index is 931. The van der Waals surface area contributed by atoms with Crippen LogP contribution in [0, 0.1) is 12.7 Å². The van der Waals surface area contributed by atoms with Crippen molar-refractivity contribution in [3.8, 4) is 11.3 Å². The van der Waals surface area contributed by atoms with Crippen LogP contribution in [0.1, 0.15) is 34.0 Å². The second-order valence-corrected chi connectivity index (χ2v) is 6.84. The smallest absolute Gasteiger partial charge is 0.374 e. The number of halogens is 1. The Morgan fingerprint density at radius 2 is 2.04 bits per heavy atom. The molecular weight excluding hydrogens is 361 g/mol. The minimum Gasteiger partial charge on any atom is -0.463 e. The van der Waals surface area contributed by atoms with Crippen LogP contribution in [0.3, 0.4) is 0 Å². The van der Waals surface area contributed by atoms with Gasteiger partial charge in [-0.15, -0.1) is 0 Å². The van der Waals surface area contributed by atoms with Crippen LogP contribution in [0.25, 0.3) is 11.3 Å². The molecule has 0 fully saturated rings. The number of nitrogens with zero attached hydrogens (tertiary/aromatic N) is 2. The van der Waals surface area contributed by atoms with Gasteiger partial charge in [-0.05, 0) is 69.8 Å². The van der Waals surface area contributed by atoms with Crippen LogP contribution in [0.5, 0.6) is 0 Å². The number of carbonyl (C=O) groups is 1. The standard InChI is InChI=1S/C21H24FN3O3/c1-14-11-18(28-20(14)21(26)27-3)13-25(2)10-4-5-17-12-19(24-23-17)15-6-8-16(22)9-7-15/h6-9,11-12H,4-5,10,13H2,1-3H3,(H,23,24). The third-order valence-electron chi connectivity index (χ3n) is 4.52. The van der Waals surface area contributed by atoms with E-state index in [0.29, 0.717) is 6.54 Å². The van der Waals surface area contributed by atoms with Crippen LogP contribution in [-0.4, -0.2) is 41.8 Å². The molecule has 0 aliphatic carbocycles. The van der Waals surface area contributed by atoms with Gasteiger partial charge in [0.05, 0.1) is 19.3 Å². The van der Waals surface area contributed by atoms with E-state index in [2.05, 4.69) is 15.1 Å². The number of esters is 1. The average Bonchev–Trinajstić information content (AvgIpc) is 3.28. The van der Waals surface area contributed by atoms with Crippen LogP contribution in [-0.2, 0) is 17.7 Å². The Labute approximate surface area is 163 Å². The summed E-state index contributed by atoms with van der Waals surface area (Å²) >= 11 is 0. The molecule has 0 amide bonds. The van der Waals surface area contributed by atoms with Crippen molar-refractivity contribution in [1.29, 1.82) is 0 Å². The molecule has 2 heterocycles. The van der Waals surface area contributed by atoms with Gasteiger partial charge < -0.3 is 9.15 Å². The first-order chi connectivity index (χ1) is 13.5. The van der Waals surface area contributed by atoms with E-state index in [1.807, 2.05) is 26.1 Å². The number of benzene rings is 1. The topological polar surface area (TPSA) is 71.4 Å². The maximum atomic E-state index is 13.0. The number of ether oxygens (including phenoxy) is 1. The summed E-state index contributed by atoms with van der Waals surface area (Å²) in [6.45, 7) is 3.30. The molecule has 1 aromatic carbocycles. The summed E-state index contributed by atoms with van der Waals surface area (Å²) in [5.41, 5.74) is 3.51. The van der Waals surface area contributed by atoms with Gasteiger partial charge in [0.1, 0.15) is 11.6 Å². The maximum Gasteiger partial charge on any atom is 0.374 e. The first kappa shape index (κ1) is 19.8. The number of carbonyl (C=O) groups excluding carboxylic acids is 1. The van der Waals surface area contributed by atoms with Gasteiger partial charge in [0.2, 0.25) is 5.76 Å². The van der Waals surface area contributed by atoms with Gasteiger partial charge >= 0.3 is 5.97 Å². The number of rotatable bonds is 8. The summed E-state index contributed by atoms with van der Waals surface area (Å²) in [7, 11) is 3.35. The predicted molar refractivity (Wildman–Crippen MR) is 103 cm³/mol. The van der Waals surface area contributed by atoms with Crippen molar-refractivity contribution >= 4 is 5.97 Å². The highest BCUT2D eigenvalue weighted by molar-refractivity contribution is 5.87. The minimum atomic E-state index is -0.456. The van der Waals surface area contributed by atoms with Crippen LogP contribution >= 0.6 is 0 Å². The average molecular weight is 385 g/mol. The molecule has 0 spiro atoms. The van der Waals surface area contributed by atoms with Crippen LogP contribution in [0.2, 0.25) is 0 Å². The highest BCUT2D eigenvalue weighted by atomic mass is 19.1. The van der Waals surface area contributed by atoms with Crippen LogP contribution < -0.4 is 0 Å². The van der Waals surface area contributed by atoms with E-state index in [1.165, 1.54) is 19.2 Å². The molecule has 28 heavy (non-hydrogen) atoms. The Balaban J connectivity index is 1.49. The number of aryl methyl sites for hydroxylation is 2. The second-order valence-electron chi connectivity index (χ2n) is 6.84. The summed E-state index contributed by atoms with van der Waals surface area (Å²) < 4.78 is 23.3. The second kappa shape index (κ2) is 8.84. The molecule has 0 aliphatic rings. The molecule has 0 unspecified atom stereocenters. The molecule has 0 saturated carbocycles. The van der Waals surface area contributed by atoms with Gasteiger partial charge in [-0.1, -0.05) is 0 Å². The quantitative estimate of drug-likeness (QED) is 0.594. The summed E-state index contributed by atoms with van der Waals surface area (Å²) in [4.78, 5) is 13.8. The number of nitrogens with one attached hydrogen (secondary N) is 1. The third kappa shape index (κ3) is 4.86. The fourth-order valence-corrected chi connectivity index (χ4v) is 3.06. The van der Waals surface area contributed by atoms with Gasteiger partial charge in [-0.25, -0.2) is 9.18 Å². The molecular formula is C21H24FN3O3. The molecule has 1 N–H and O–H groups in total. The van der Waals surface area contributed by atoms with E-state index < -0.39 is 5.97 Å². The first-order valence-electron chi connectivity index (χ1n) is 9.12. The van der Waals surface area contributed by atoms with E-state index in [0.717, 1.165) is 47.7 Å². The summed E-state index contributed by atoms with van der Waals surface area (Å²) in [6, 6.07) is 10.2. The molecule has 0 saturated heterocycles. The van der Waals surface area contributed by atoms with Crippen molar-refractivity contribution in [3.05, 3.63) is 65.0 Å². The van der Waals surface area contributed by atoms with E-state index in [4.69, 9.17) is 9.15 Å². The lowest BCUT2D eigenvalue weighted by molar-refractivity contribution is 0.0560. The van der Waals surface area contributed by atoms with E-state index >= 15 is 0 Å². The third-order valence-corrected chi connectivity index (χ3v) is 4.52. The van der Waals surface area contributed by atoms with E-state index in [9.17, 15) is 9.18 Å². The molecule has 0 bridgehead atoms. The predicted octanol–water partition coefficient (Wildman–Crippen LogP) is 3.97. The number of methoxy groups -OCH3 is 1. The molecule has 3 rings (SSSR count). The molecule has 148 valence electrons. The Morgan fingerprint density at radius 3 is 2.75 bits per heavy atom. The fraction of sp³-hybridized carbons (Fsp3) is 0.333. The lowest BCUT2D eigenvalue weighted by Gasteiger charge is -2.14. The van der Waals surface area contributed by atoms with Crippen LogP contribution in [0.15, 0.2) is 40.8 Å². The van der Waals surface area contributed by atoms with Crippen molar-refractivity contribution in [1.82, 2.24) is 15.1 Å². The SMILES string of the molecule is COC(=O)c1oc(CN(C)CCCc2cc(-c3ccc(F)cc3)n[nH]2)cc1C. The highest BCUT2D eigenvalue weighted by Gasteiger charge is 2.16. The van der Waals surface area contributed by atoms with Crippen molar-refractivity contribution in [2.24, 2.45) is 0 Å². The number of aromatic amines is 1. The first-order valence-corrected chi connectivity index (χ1v) is 9.12. The van der Waals surface area contributed by atoms with Gasteiger partial charge in [-0.2, -0.15) is 5.10 Å². The Morgan fingerprint density at radius 1 is 1.29 bits per heavy atom. The van der Waals surface area contributed by atoms with Crippen LogP contribution in [0.4, 0.5) is 4.39 Å². The monoisotopic (exact) mass is 385 g/mol. The molecule has 0 aliphatic heterocycles. The van der Waals surface area contributed by atoms with E-state index in [-0.39, 0.29) is 11.6 Å². The number of H-pyrrole nitrogens is 1. The van der Waals surface area contributed by atoms with Gasteiger partial charge in [0.15, 0.2) is 0 Å². The molecule has 7 heteroatoms. The van der Waals surface area contributed by atoms with Crippen molar-refractivity contribution in [2.75, 3.05) is 20.7 Å². The number of aromatic nitrogens is 2. The van der Waals surface area contributed by atoms with Crippen molar-refractivity contribution in [2.45, 2.75) is 26.3 Å². The van der Waals surface area contributed by atoms with Crippen molar-refractivity contribution in [3.63, 3.8) is 0 Å². The lowest BCUT2D eigenvalue weighted by Crippen LogP contribution is -2.19.